The summed E-state index contributed by atoms with van der Waals surface area (Å²) in [5.41, 5.74) is 5.50. The third-order valence-corrected chi connectivity index (χ3v) is 3.13. The van der Waals surface area contributed by atoms with Crippen molar-refractivity contribution in [2.24, 2.45) is 11.7 Å². The van der Waals surface area contributed by atoms with Gasteiger partial charge in [0.05, 0.1) is 0 Å². The molecular weight excluding hydrogens is 228 g/mol. The third kappa shape index (κ3) is 3.34. The molecule has 2 atom stereocenters. The SMILES string of the molecule is COC(CN)C(=O)N1CCCC1C(C)C.Cl. The minimum atomic E-state index is -0.468. The van der Waals surface area contributed by atoms with Gasteiger partial charge in [-0.3, -0.25) is 4.79 Å². The second-order valence-corrected chi connectivity index (χ2v) is 4.45. The van der Waals surface area contributed by atoms with Gasteiger partial charge in [0.2, 0.25) is 0 Å². The van der Waals surface area contributed by atoms with Gasteiger partial charge in [-0.15, -0.1) is 12.4 Å². The fourth-order valence-electron chi connectivity index (χ4n) is 2.24. The Morgan fingerprint density at radius 1 is 1.56 bits per heavy atom. The number of ether oxygens (including phenoxy) is 1. The van der Waals surface area contributed by atoms with Crippen LogP contribution in [-0.2, 0) is 9.53 Å². The molecule has 1 aliphatic rings. The van der Waals surface area contributed by atoms with Crippen LogP contribution in [0.15, 0.2) is 0 Å². The maximum Gasteiger partial charge on any atom is 0.253 e. The van der Waals surface area contributed by atoms with E-state index in [0.717, 1.165) is 19.4 Å². The zero-order valence-corrected chi connectivity index (χ0v) is 11.1. The lowest BCUT2D eigenvalue weighted by Crippen LogP contribution is -2.47. The van der Waals surface area contributed by atoms with Gasteiger partial charge in [0.25, 0.3) is 5.91 Å². The predicted molar refractivity (Wildman–Crippen MR) is 66.7 cm³/mol. The lowest BCUT2D eigenvalue weighted by molar-refractivity contribution is -0.143. The molecule has 0 radical (unpaired) electrons. The molecule has 0 bridgehead atoms. The zero-order valence-electron chi connectivity index (χ0n) is 10.3. The van der Waals surface area contributed by atoms with E-state index in [1.54, 1.807) is 0 Å². The fourth-order valence-corrected chi connectivity index (χ4v) is 2.24. The maximum absolute atomic E-state index is 12.0. The van der Waals surface area contributed by atoms with Crippen LogP contribution in [0.25, 0.3) is 0 Å². The number of rotatable bonds is 4. The third-order valence-electron chi connectivity index (χ3n) is 3.13. The van der Waals surface area contributed by atoms with Gasteiger partial charge in [-0.2, -0.15) is 0 Å². The van der Waals surface area contributed by atoms with Crippen molar-refractivity contribution in [2.45, 2.75) is 38.8 Å². The van der Waals surface area contributed by atoms with E-state index in [4.69, 9.17) is 10.5 Å². The summed E-state index contributed by atoms with van der Waals surface area (Å²) in [5.74, 6) is 0.558. The Balaban J connectivity index is 0.00000225. The van der Waals surface area contributed by atoms with Crippen molar-refractivity contribution < 1.29 is 9.53 Å². The molecule has 1 amide bonds. The van der Waals surface area contributed by atoms with Crippen LogP contribution < -0.4 is 5.73 Å². The maximum atomic E-state index is 12.0. The first-order chi connectivity index (χ1) is 7.11. The van der Waals surface area contributed by atoms with E-state index in [9.17, 15) is 4.79 Å². The number of hydrogen-bond acceptors (Lipinski definition) is 3. The molecule has 4 nitrogen and oxygen atoms in total. The number of nitrogens with zero attached hydrogens (tertiary/aromatic N) is 1. The number of nitrogens with two attached hydrogens (primary N) is 1. The fraction of sp³-hybridized carbons (Fsp3) is 0.909. The summed E-state index contributed by atoms with van der Waals surface area (Å²) in [6.45, 7) is 5.42. The van der Waals surface area contributed by atoms with Gasteiger partial charge in [-0.1, -0.05) is 13.8 Å². The van der Waals surface area contributed by atoms with Crippen LogP contribution in [0.1, 0.15) is 26.7 Å². The average Bonchev–Trinajstić information content (AvgIpc) is 2.67. The van der Waals surface area contributed by atoms with Crippen LogP contribution in [0.3, 0.4) is 0 Å². The molecule has 16 heavy (non-hydrogen) atoms. The van der Waals surface area contributed by atoms with E-state index in [-0.39, 0.29) is 24.9 Å². The van der Waals surface area contributed by atoms with E-state index in [1.807, 2.05) is 4.90 Å². The molecule has 2 unspecified atom stereocenters. The number of hydrogen-bond donors (Lipinski definition) is 1. The number of carbonyl (C=O) groups is 1. The van der Waals surface area contributed by atoms with Crippen molar-refractivity contribution in [1.82, 2.24) is 4.90 Å². The predicted octanol–water partition coefficient (Wildman–Crippen LogP) is 1.03. The van der Waals surface area contributed by atoms with Gasteiger partial charge in [0, 0.05) is 26.2 Å². The topological polar surface area (TPSA) is 55.6 Å². The normalized spacial score (nSPS) is 22.1. The van der Waals surface area contributed by atoms with E-state index in [2.05, 4.69) is 13.8 Å². The van der Waals surface area contributed by atoms with Crippen molar-refractivity contribution in [3.8, 4) is 0 Å². The molecule has 1 saturated heterocycles. The first-order valence-corrected chi connectivity index (χ1v) is 5.65. The van der Waals surface area contributed by atoms with Gasteiger partial charge in [0.15, 0.2) is 0 Å². The van der Waals surface area contributed by atoms with E-state index in [0.29, 0.717) is 12.0 Å². The van der Waals surface area contributed by atoms with E-state index < -0.39 is 6.10 Å². The summed E-state index contributed by atoms with van der Waals surface area (Å²) in [5, 5.41) is 0. The Morgan fingerprint density at radius 3 is 2.62 bits per heavy atom. The lowest BCUT2D eigenvalue weighted by atomic mass is 10.0. The lowest BCUT2D eigenvalue weighted by Gasteiger charge is -2.30. The van der Waals surface area contributed by atoms with Crippen LogP contribution in [0.5, 0.6) is 0 Å². The summed E-state index contributed by atoms with van der Waals surface area (Å²) >= 11 is 0. The summed E-state index contributed by atoms with van der Waals surface area (Å²) in [6.07, 6.45) is 1.73. The summed E-state index contributed by atoms with van der Waals surface area (Å²) in [4.78, 5) is 14.0. The van der Waals surface area contributed by atoms with E-state index in [1.165, 1.54) is 7.11 Å². The Bertz CT molecular complexity index is 220. The molecule has 0 aromatic rings. The van der Waals surface area contributed by atoms with Gasteiger partial charge in [-0.05, 0) is 18.8 Å². The second kappa shape index (κ2) is 7.09. The molecule has 1 rings (SSSR count). The van der Waals surface area contributed by atoms with Crippen LogP contribution in [0.2, 0.25) is 0 Å². The number of methoxy groups -OCH3 is 1. The Hall–Kier alpha value is -0.320. The molecule has 1 heterocycles. The highest BCUT2D eigenvalue weighted by molar-refractivity contribution is 5.85. The number of halogens is 1. The molecule has 0 saturated carbocycles. The molecule has 0 aromatic carbocycles. The van der Waals surface area contributed by atoms with Crippen molar-refractivity contribution in [3.63, 3.8) is 0 Å². The van der Waals surface area contributed by atoms with Crippen LogP contribution in [0, 0.1) is 5.92 Å². The monoisotopic (exact) mass is 250 g/mol. The molecular formula is C11H23ClN2O2. The molecule has 1 aliphatic heterocycles. The first-order valence-electron chi connectivity index (χ1n) is 5.65. The number of carbonyl (C=O) groups excluding carboxylic acids is 1. The first kappa shape index (κ1) is 15.7. The molecule has 96 valence electrons. The summed E-state index contributed by atoms with van der Waals surface area (Å²) in [6, 6.07) is 0.363. The standard InChI is InChI=1S/C11H22N2O2.ClH/c1-8(2)9-5-4-6-13(9)11(14)10(7-12)15-3;/h8-10H,4-7,12H2,1-3H3;1H. The van der Waals surface area contributed by atoms with Crippen molar-refractivity contribution >= 4 is 18.3 Å². The Kier molecular flexibility index (Phi) is 6.95. The smallest absolute Gasteiger partial charge is 0.253 e. The molecule has 5 heteroatoms. The Morgan fingerprint density at radius 2 is 2.19 bits per heavy atom. The van der Waals surface area contributed by atoms with Crippen LogP contribution in [-0.4, -0.2) is 43.2 Å². The second-order valence-electron chi connectivity index (χ2n) is 4.45. The molecule has 0 aromatic heterocycles. The average molecular weight is 251 g/mol. The van der Waals surface area contributed by atoms with Gasteiger partial charge in [0.1, 0.15) is 6.10 Å². The molecule has 0 aliphatic carbocycles. The molecule has 0 spiro atoms. The molecule has 1 fully saturated rings. The zero-order chi connectivity index (χ0) is 11.4. The minimum Gasteiger partial charge on any atom is -0.370 e. The molecule has 2 N–H and O–H groups in total. The van der Waals surface area contributed by atoms with Gasteiger partial charge in [-0.25, -0.2) is 0 Å². The highest BCUT2D eigenvalue weighted by Gasteiger charge is 2.33. The summed E-state index contributed by atoms with van der Waals surface area (Å²) in [7, 11) is 1.54. The highest BCUT2D eigenvalue weighted by Crippen LogP contribution is 2.24. The largest absolute Gasteiger partial charge is 0.370 e. The van der Waals surface area contributed by atoms with Crippen molar-refractivity contribution in [3.05, 3.63) is 0 Å². The minimum absolute atomic E-state index is 0. The number of amides is 1. The highest BCUT2D eigenvalue weighted by atomic mass is 35.5. The van der Waals surface area contributed by atoms with Crippen LogP contribution >= 0.6 is 12.4 Å². The number of likely N-dealkylation sites (tertiary alicyclic amines) is 1. The van der Waals surface area contributed by atoms with Gasteiger partial charge >= 0.3 is 0 Å². The van der Waals surface area contributed by atoms with Gasteiger partial charge < -0.3 is 15.4 Å². The van der Waals surface area contributed by atoms with Crippen molar-refractivity contribution in [2.75, 3.05) is 20.2 Å². The van der Waals surface area contributed by atoms with Crippen LogP contribution in [0.4, 0.5) is 0 Å². The Labute approximate surface area is 104 Å². The summed E-state index contributed by atoms with van der Waals surface area (Å²) < 4.78 is 5.09. The van der Waals surface area contributed by atoms with E-state index >= 15 is 0 Å². The quantitative estimate of drug-likeness (QED) is 0.811. The van der Waals surface area contributed by atoms with Crippen molar-refractivity contribution in [1.29, 1.82) is 0 Å².